The quantitative estimate of drug-likeness (QED) is 0.0300. The maximum Gasteiger partial charge on any atom is 0.312 e. The molecule has 9 atom stereocenters. The fraction of sp³-hybridized carbons (Fsp3) is 0.583. The summed E-state index contributed by atoms with van der Waals surface area (Å²) in [5.74, 6) is -8.30. The number of hydrogen-bond acceptors (Lipinski definition) is 14. The van der Waals surface area contributed by atoms with Crippen LogP contribution in [0.4, 0.5) is 5.69 Å². The van der Waals surface area contributed by atoms with Crippen molar-refractivity contribution in [1.29, 1.82) is 0 Å². The van der Waals surface area contributed by atoms with Gasteiger partial charge in [-0.15, -0.1) is 0 Å². The SMILES string of the molecule is CCCCCN(CCCCC)N=Cc1c2c(O)c3c(O)c(C)c4c(c3c1O)C(=O)[C@@](C)(OC=C[C@H](OC)[C@H](C)[C@H](OC(C)=O)[C@H](C)[C@H](O)[C@H](C)[C@@H](O)[C@H](C)C=CC=C(C)C(=O)N2)O4. The Hall–Kier alpha value is -5.12. The van der Waals surface area contributed by atoms with E-state index < -0.39 is 88.8 Å². The molecule has 6 N–H and O–H groups in total. The first-order valence-corrected chi connectivity index (χ1v) is 22.1. The number of ether oxygens (including phenoxy) is 4. The molecule has 5 bridgehead atoms. The molecule has 2 aromatic carbocycles. The van der Waals surface area contributed by atoms with Crippen LogP contribution in [-0.4, -0.2) is 105 Å². The number of esters is 1. The summed E-state index contributed by atoms with van der Waals surface area (Å²) in [6, 6.07) is 0. The minimum absolute atomic E-state index is 0.0611. The number of nitrogens with one attached hydrogen (secondary N) is 1. The van der Waals surface area contributed by atoms with Crippen molar-refractivity contribution in [1.82, 2.24) is 5.01 Å². The predicted octanol–water partition coefficient (Wildman–Crippen LogP) is 7.77. The van der Waals surface area contributed by atoms with Gasteiger partial charge in [0.25, 0.3) is 11.7 Å². The van der Waals surface area contributed by atoms with Crippen LogP contribution in [0.1, 0.15) is 122 Å². The van der Waals surface area contributed by atoms with Gasteiger partial charge in [-0.05, 0) is 32.8 Å². The van der Waals surface area contributed by atoms with E-state index in [4.69, 9.17) is 24.0 Å². The standard InChI is InChI=1S/C48H69N3O12/c1-12-14-16-22-51(23-17-15-13-2)49-25-33-38-43(57)36-35(42(33)56)37-45(31(8)41(36)55)63-48(10,46(37)58)61-24-21-34(60-11)28(5)44(62-32(9)52)30(7)40(54)29(6)39(53)26(3)19-18-20-27(4)47(59)50-38/h18-21,24-26,28-30,34,39-40,44,53-57H,12-17,22-23H2,1-11H3,(H,50,59)/t26-,28+,29-,30-,34+,39+,40-,44+,48+/m1/s1. The number of aliphatic hydroxyl groups is 2. The maximum absolute atomic E-state index is 14.6. The van der Waals surface area contributed by atoms with Gasteiger partial charge >= 0.3 is 11.8 Å². The Morgan fingerprint density at radius 3 is 2.13 bits per heavy atom. The Morgan fingerprint density at radius 1 is 0.905 bits per heavy atom. The van der Waals surface area contributed by atoms with Crippen LogP contribution in [0.25, 0.3) is 10.8 Å². The Kier molecular flexibility index (Phi) is 17.6. The molecule has 15 heteroatoms. The number of Topliss-reactive ketones (excluding diaryl/α,β-unsaturated/α-hetero) is 1. The molecular formula is C48H69N3O12. The summed E-state index contributed by atoms with van der Waals surface area (Å²) in [6.07, 6.45) is 10.6. The summed E-state index contributed by atoms with van der Waals surface area (Å²) in [7, 11) is 1.44. The average molecular weight is 880 g/mol. The topological polar surface area (TPSA) is 217 Å². The molecule has 0 saturated carbocycles. The van der Waals surface area contributed by atoms with Crippen LogP contribution >= 0.6 is 0 Å². The Labute approximate surface area is 371 Å². The van der Waals surface area contributed by atoms with E-state index in [0.717, 1.165) is 38.5 Å². The molecule has 3 heterocycles. The van der Waals surface area contributed by atoms with Gasteiger partial charge in [0.15, 0.2) is 5.75 Å². The van der Waals surface area contributed by atoms with Crippen LogP contribution in [-0.2, 0) is 23.8 Å². The smallest absolute Gasteiger partial charge is 0.312 e. The molecule has 0 saturated heterocycles. The van der Waals surface area contributed by atoms with Gasteiger partial charge in [-0.2, -0.15) is 5.10 Å². The van der Waals surface area contributed by atoms with E-state index in [1.54, 1.807) is 39.8 Å². The third kappa shape index (κ3) is 11.2. The lowest BCUT2D eigenvalue weighted by molar-refractivity contribution is -0.160. The van der Waals surface area contributed by atoms with Gasteiger partial charge in [0.1, 0.15) is 23.4 Å². The highest BCUT2D eigenvalue weighted by atomic mass is 16.7. The molecule has 0 radical (unpaired) electrons. The monoisotopic (exact) mass is 879 g/mol. The number of amides is 1. The van der Waals surface area contributed by atoms with Gasteiger partial charge in [-0.1, -0.05) is 85.5 Å². The van der Waals surface area contributed by atoms with E-state index in [2.05, 4.69) is 19.2 Å². The summed E-state index contributed by atoms with van der Waals surface area (Å²) < 4.78 is 23.7. The van der Waals surface area contributed by atoms with Crippen LogP contribution in [0.15, 0.2) is 41.2 Å². The van der Waals surface area contributed by atoms with Gasteiger partial charge in [0.2, 0.25) is 0 Å². The number of methoxy groups -OCH3 is 1. The minimum atomic E-state index is -2.05. The van der Waals surface area contributed by atoms with Gasteiger partial charge < -0.3 is 49.8 Å². The molecule has 0 aliphatic carbocycles. The van der Waals surface area contributed by atoms with Crippen LogP contribution in [0.2, 0.25) is 0 Å². The highest BCUT2D eigenvalue weighted by Gasteiger charge is 2.50. The number of benzene rings is 2. The molecule has 0 unspecified atom stereocenters. The van der Waals surface area contributed by atoms with E-state index in [1.807, 2.05) is 5.01 Å². The number of rotatable bonds is 12. The third-order valence-electron chi connectivity index (χ3n) is 12.4. The van der Waals surface area contributed by atoms with Crippen LogP contribution in [0.5, 0.6) is 23.0 Å². The first-order chi connectivity index (χ1) is 29.8. The second-order valence-corrected chi connectivity index (χ2v) is 17.2. The number of ketones is 1. The van der Waals surface area contributed by atoms with E-state index in [-0.39, 0.29) is 44.5 Å². The number of unbranched alkanes of at least 4 members (excludes halogenated alkanes) is 4. The molecule has 0 aromatic heterocycles. The molecule has 0 fully saturated rings. The van der Waals surface area contributed by atoms with Crippen LogP contribution in [0, 0.1) is 30.6 Å². The lowest BCUT2D eigenvalue weighted by atomic mass is 9.78. The van der Waals surface area contributed by atoms with Crippen molar-refractivity contribution in [2.24, 2.45) is 28.8 Å². The number of allylic oxidation sites excluding steroid dienone is 2. The number of phenols is 3. The fourth-order valence-electron chi connectivity index (χ4n) is 8.33. The maximum atomic E-state index is 14.6. The first-order valence-electron chi connectivity index (χ1n) is 22.1. The predicted molar refractivity (Wildman–Crippen MR) is 242 cm³/mol. The molecule has 1 amide bonds. The zero-order chi connectivity index (χ0) is 46.9. The summed E-state index contributed by atoms with van der Waals surface area (Å²) in [4.78, 5) is 40.8. The Morgan fingerprint density at radius 2 is 1.54 bits per heavy atom. The zero-order valence-corrected chi connectivity index (χ0v) is 38.7. The third-order valence-corrected chi connectivity index (χ3v) is 12.4. The first kappa shape index (κ1) is 50.5. The molecule has 3 aliphatic rings. The molecular weight excluding hydrogens is 811 g/mol. The molecule has 63 heavy (non-hydrogen) atoms. The van der Waals surface area contributed by atoms with Crippen molar-refractivity contribution in [2.45, 2.75) is 138 Å². The van der Waals surface area contributed by atoms with Gasteiger partial charge in [-0.25, -0.2) is 0 Å². The summed E-state index contributed by atoms with van der Waals surface area (Å²) in [6.45, 7) is 18.0. The average Bonchev–Trinajstić information content (AvgIpc) is 3.51. The number of carbonyl (C=O) groups excluding carboxylic acids is 3. The number of hydrogen-bond donors (Lipinski definition) is 6. The van der Waals surface area contributed by atoms with Gasteiger partial charge in [0.05, 0.1) is 53.0 Å². The van der Waals surface area contributed by atoms with Gasteiger partial charge in [-0.3, -0.25) is 19.4 Å². The number of aliphatic hydroxyl groups excluding tert-OH is 2. The summed E-state index contributed by atoms with van der Waals surface area (Å²) >= 11 is 0. The van der Waals surface area contributed by atoms with Crippen molar-refractivity contribution in [3.8, 4) is 23.0 Å². The fourth-order valence-corrected chi connectivity index (χ4v) is 8.33. The van der Waals surface area contributed by atoms with Crippen LogP contribution < -0.4 is 10.1 Å². The van der Waals surface area contributed by atoms with E-state index in [0.29, 0.717) is 13.1 Å². The van der Waals surface area contributed by atoms with Crippen molar-refractivity contribution in [3.63, 3.8) is 0 Å². The summed E-state index contributed by atoms with van der Waals surface area (Å²) in [5, 5.41) is 67.7. The lowest BCUT2D eigenvalue weighted by Gasteiger charge is -2.38. The van der Waals surface area contributed by atoms with E-state index in [9.17, 15) is 39.9 Å². The molecule has 3 aliphatic heterocycles. The number of anilines is 1. The van der Waals surface area contributed by atoms with E-state index in [1.165, 1.54) is 59.4 Å². The molecule has 0 spiro atoms. The molecule has 348 valence electrons. The van der Waals surface area contributed by atoms with Gasteiger partial charge in [0, 0.05) is 74.2 Å². The lowest BCUT2D eigenvalue weighted by Crippen LogP contribution is -2.46. The largest absolute Gasteiger partial charge is 0.507 e. The number of carbonyl (C=O) groups is 3. The van der Waals surface area contributed by atoms with Crippen molar-refractivity contribution in [2.75, 3.05) is 25.5 Å². The second-order valence-electron chi connectivity index (χ2n) is 17.2. The van der Waals surface area contributed by atoms with E-state index >= 15 is 0 Å². The summed E-state index contributed by atoms with van der Waals surface area (Å²) in [5.41, 5.74) is -0.303. The molecule has 2 aromatic rings. The Bertz CT molecular complexity index is 2090. The number of hydrazone groups is 1. The Balaban J connectivity index is 1.99. The highest BCUT2D eigenvalue weighted by molar-refractivity contribution is 6.23. The minimum Gasteiger partial charge on any atom is -0.507 e. The number of fused-ring (bicyclic) bond motifs is 14. The highest BCUT2D eigenvalue weighted by Crippen LogP contribution is 2.55. The number of nitrogens with zero attached hydrogens (tertiary/aromatic N) is 2. The molecule has 5 rings (SSSR count). The number of aromatic hydroxyl groups is 3. The van der Waals surface area contributed by atoms with Crippen molar-refractivity contribution in [3.05, 3.63) is 52.8 Å². The molecule has 15 nitrogen and oxygen atoms in total. The zero-order valence-electron chi connectivity index (χ0n) is 38.7. The normalized spacial score (nSPS) is 27.1. The van der Waals surface area contributed by atoms with Crippen molar-refractivity contribution >= 4 is 40.3 Å². The number of phenolic OH excluding ortho intramolecular Hbond substituents is 3. The second kappa shape index (κ2) is 22.0. The van der Waals surface area contributed by atoms with Crippen molar-refractivity contribution < 1.29 is 58.9 Å². The van der Waals surface area contributed by atoms with Crippen LogP contribution in [0.3, 0.4) is 0 Å².